The van der Waals surface area contributed by atoms with Gasteiger partial charge in [0.15, 0.2) is 0 Å². The number of nitrogens with zero attached hydrogens (tertiary/aromatic N) is 1. The number of allylic oxidation sites excluding steroid dienone is 1. The van der Waals surface area contributed by atoms with Gasteiger partial charge in [0, 0.05) is 25.8 Å². The highest BCUT2D eigenvalue weighted by atomic mass is 32.1. The van der Waals surface area contributed by atoms with Gasteiger partial charge in [-0.3, -0.25) is 9.59 Å². The van der Waals surface area contributed by atoms with Crippen LogP contribution in [0.5, 0.6) is 5.75 Å². The standard InChI is InChI=1S/C24H21F6N3O3S.C10H22O/c1-4-13(23(25,26)27)9-10-31-21(34)15-11-14(24(28,29)30)5-6-16(15)33-22(35)19-18(36-3)8-7-17-20(19)37-12(2)32-17;1-5-6-9(2)7-10(3)8-11-4/h4-8,11H,9-10H2,1-3H3,(H,31,34)(H,33,35);9-10H,5-8H2,1-4H3/b13-4+;. The lowest BCUT2D eigenvalue weighted by Gasteiger charge is -2.16. The Morgan fingerprint density at radius 3 is 2.27 bits per heavy atom. The van der Waals surface area contributed by atoms with E-state index in [-0.39, 0.29) is 17.0 Å². The van der Waals surface area contributed by atoms with Crippen molar-refractivity contribution in [2.75, 3.05) is 32.7 Å². The van der Waals surface area contributed by atoms with Crippen LogP contribution >= 0.6 is 11.3 Å². The number of carbonyl (C=O) groups is 2. The zero-order valence-electron chi connectivity index (χ0n) is 28.1. The van der Waals surface area contributed by atoms with Crippen molar-refractivity contribution in [3.63, 3.8) is 0 Å². The molecule has 2 unspecified atom stereocenters. The molecule has 2 N–H and O–H groups in total. The maximum atomic E-state index is 13.3. The van der Waals surface area contributed by atoms with E-state index in [0.717, 1.165) is 30.6 Å². The molecule has 0 bridgehead atoms. The van der Waals surface area contributed by atoms with Crippen LogP contribution in [0.1, 0.15) is 84.7 Å². The monoisotopic (exact) mass is 703 g/mol. The molecule has 1 heterocycles. The lowest BCUT2D eigenvalue weighted by molar-refractivity contribution is -0.137. The number of carbonyl (C=O) groups excluding carboxylic acids is 2. The normalized spacial score (nSPS) is 13.4. The molecule has 0 saturated carbocycles. The fourth-order valence-electron chi connectivity index (χ4n) is 5.18. The SMILES string of the molecule is C/C=C(\CCNC(=O)c1cc(C(F)(F)F)ccc1NC(=O)c1c(OC)ccc2nc(C)sc12)C(F)(F)F.CCCC(C)CC(C)COC. The number of anilines is 1. The largest absolute Gasteiger partial charge is 0.496 e. The van der Waals surface area contributed by atoms with E-state index in [1.54, 1.807) is 20.1 Å². The first-order valence-corrected chi connectivity index (χ1v) is 16.2. The van der Waals surface area contributed by atoms with Gasteiger partial charge in [0.05, 0.1) is 39.1 Å². The summed E-state index contributed by atoms with van der Waals surface area (Å²) in [6.07, 6.45) is -5.19. The molecule has 0 aliphatic heterocycles. The van der Waals surface area contributed by atoms with Crippen molar-refractivity contribution in [3.8, 4) is 5.75 Å². The van der Waals surface area contributed by atoms with E-state index in [2.05, 4.69) is 36.4 Å². The lowest BCUT2D eigenvalue weighted by Crippen LogP contribution is -2.28. The number of halogens is 6. The van der Waals surface area contributed by atoms with Crippen molar-refractivity contribution in [2.45, 2.75) is 72.7 Å². The van der Waals surface area contributed by atoms with Gasteiger partial charge in [0.25, 0.3) is 11.8 Å². The molecule has 48 heavy (non-hydrogen) atoms. The number of aryl methyl sites for hydroxylation is 1. The molecule has 2 aromatic carbocycles. The Morgan fingerprint density at radius 1 is 1.02 bits per heavy atom. The van der Waals surface area contributed by atoms with Crippen LogP contribution in [-0.4, -0.2) is 50.3 Å². The van der Waals surface area contributed by atoms with Crippen molar-refractivity contribution >= 4 is 39.1 Å². The van der Waals surface area contributed by atoms with Crippen LogP contribution in [0.4, 0.5) is 32.0 Å². The Kier molecular flexibility index (Phi) is 15.4. The molecule has 1 aromatic heterocycles. The molecule has 2 atom stereocenters. The second-order valence-electron chi connectivity index (χ2n) is 11.4. The van der Waals surface area contributed by atoms with Gasteiger partial charge in [0.2, 0.25) is 0 Å². The Labute approximate surface area is 281 Å². The summed E-state index contributed by atoms with van der Waals surface area (Å²) in [5, 5.41) is 5.29. The summed E-state index contributed by atoms with van der Waals surface area (Å²) in [7, 11) is 3.11. The van der Waals surface area contributed by atoms with Gasteiger partial charge in [-0.25, -0.2) is 4.98 Å². The Balaban J connectivity index is 0.000000623. The fourth-order valence-corrected chi connectivity index (χ4v) is 6.13. The van der Waals surface area contributed by atoms with Gasteiger partial charge in [-0.05, 0) is 68.9 Å². The maximum Gasteiger partial charge on any atom is 0.416 e. The number of methoxy groups -OCH3 is 2. The topological polar surface area (TPSA) is 89.6 Å². The molecule has 0 aliphatic carbocycles. The first kappa shape index (κ1) is 40.5. The van der Waals surface area contributed by atoms with Gasteiger partial charge < -0.3 is 20.1 Å². The third kappa shape index (κ3) is 11.8. The summed E-state index contributed by atoms with van der Waals surface area (Å²) in [6, 6.07) is 5.28. The van der Waals surface area contributed by atoms with Crippen LogP contribution in [0.25, 0.3) is 10.2 Å². The van der Waals surface area contributed by atoms with Crippen molar-refractivity contribution in [1.82, 2.24) is 10.3 Å². The Hall–Kier alpha value is -3.65. The number of hydrogen-bond acceptors (Lipinski definition) is 6. The molecule has 2 amide bonds. The van der Waals surface area contributed by atoms with E-state index in [9.17, 15) is 35.9 Å². The minimum absolute atomic E-state index is 0.0692. The molecule has 14 heteroatoms. The zero-order valence-corrected chi connectivity index (χ0v) is 28.9. The van der Waals surface area contributed by atoms with Crippen molar-refractivity contribution < 1.29 is 45.4 Å². The summed E-state index contributed by atoms with van der Waals surface area (Å²) < 4.78 is 89.6. The molecular weight excluding hydrogens is 660 g/mol. The number of alkyl halides is 6. The number of rotatable bonds is 13. The third-order valence-electron chi connectivity index (χ3n) is 7.34. The number of ether oxygens (including phenoxy) is 2. The molecule has 266 valence electrons. The van der Waals surface area contributed by atoms with Crippen LogP contribution in [0, 0.1) is 18.8 Å². The van der Waals surface area contributed by atoms with E-state index in [0.29, 0.717) is 27.4 Å². The quantitative estimate of drug-likeness (QED) is 0.137. The van der Waals surface area contributed by atoms with E-state index in [4.69, 9.17) is 9.47 Å². The lowest BCUT2D eigenvalue weighted by atomic mass is 9.94. The second kappa shape index (κ2) is 18.2. The highest BCUT2D eigenvalue weighted by Crippen LogP contribution is 2.35. The Bertz CT molecular complexity index is 1540. The molecule has 3 rings (SSSR count). The first-order chi connectivity index (χ1) is 22.5. The molecule has 0 aliphatic rings. The predicted octanol–water partition coefficient (Wildman–Crippen LogP) is 9.61. The number of nitrogens with one attached hydrogen (secondary N) is 2. The maximum absolute atomic E-state index is 13.3. The number of fused-ring (bicyclic) bond motifs is 1. The average molecular weight is 704 g/mol. The van der Waals surface area contributed by atoms with Crippen LogP contribution in [-0.2, 0) is 10.9 Å². The number of thiazole rings is 1. The van der Waals surface area contributed by atoms with Crippen molar-refractivity contribution in [3.05, 3.63) is 63.7 Å². The van der Waals surface area contributed by atoms with Gasteiger partial charge in [-0.1, -0.05) is 39.7 Å². The first-order valence-electron chi connectivity index (χ1n) is 15.4. The molecule has 0 radical (unpaired) electrons. The molecule has 3 aromatic rings. The molecule has 7 nitrogen and oxygen atoms in total. The number of aromatic nitrogens is 1. The minimum Gasteiger partial charge on any atom is -0.496 e. The minimum atomic E-state index is -4.80. The van der Waals surface area contributed by atoms with E-state index >= 15 is 0 Å². The molecular formula is C34H43F6N3O4S. The van der Waals surface area contributed by atoms with Gasteiger partial charge in [-0.15, -0.1) is 11.3 Å². The summed E-state index contributed by atoms with van der Waals surface area (Å²) in [5.41, 5.74) is -2.33. The molecule has 0 saturated heterocycles. The average Bonchev–Trinajstić information content (AvgIpc) is 3.38. The van der Waals surface area contributed by atoms with Crippen LogP contribution in [0.15, 0.2) is 42.0 Å². The summed E-state index contributed by atoms with van der Waals surface area (Å²) in [5.74, 6) is -0.0877. The predicted molar refractivity (Wildman–Crippen MR) is 177 cm³/mol. The smallest absolute Gasteiger partial charge is 0.416 e. The highest BCUT2D eigenvalue weighted by Gasteiger charge is 2.34. The molecule has 0 fully saturated rings. The number of benzene rings is 2. The Morgan fingerprint density at radius 2 is 1.71 bits per heavy atom. The number of hydrogen-bond donors (Lipinski definition) is 2. The third-order valence-corrected chi connectivity index (χ3v) is 8.35. The van der Waals surface area contributed by atoms with Gasteiger partial charge in [0.1, 0.15) is 11.3 Å². The van der Waals surface area contributed by atoms with Crippen LogP contribution in [0.2, 0.25) is 0 Å². The highest BCUT2D eigenvalue weighted by molar-refractivity contribution is 7.19. The van der Waals surface area contributed by atoms with E-state index in [1.165, 1.54) is 50.7 Å². The second-order valence-corrected chi connectivity index (χ2v) is 12.6. The van der Waals surface area contributed by atoms with E-state index in [1.807, 2.05) is 0 Å². The fraction of sp³-hybridized carbons (Fsp3) is 0.500. The zero-order chi connectivity index (χ0) is 36.2. The molecule has 0 spiro atoms. The van der Waals surface area contributed by atoms with Gasteiger partial charge in [-0.2, -0.15) is 26.3 Å². The van der Waals surface area contributed by atoms with Crippen LogP contribution < -0.4 is 15.4 Å². The van der Waals surface area contributed by atoms with Crippen molar-refractivity contribution in [2.24, 2.45) is 11.8 Å². The summed E-state index contributed by atoms with van der Waals surface area (Å²) >= 11 is 1.20. The van der Waals surface area contributed by atoms with Crippen LogP contribution in [0.3, 0.4) is 0 Å². The number of amides is 2. The summed E-state index contributed by atoms with van der Waals surface area (Å²) in [6.45, 7) is 10.2. The van der Waals surface area contributed by atoms with Gasteiger partial charge >= 0.3 is 12.4 Å². The van der Waals surface area contributed by atoms with E-state index < -0.39 is 53.8 Å². The summed E-state index contributed by atoms with van der Waals surface area (Å²) in [4.78, 5) is 30.3. The van der Waals surface area contributed by atoms with Crippen molar-refractivity contribution in [1.29, 1.82) is 0 Å².